The van der Waals surface area contributed by atoms with Gasteiger partial charge < -0.3 is 15.0 Å². The number of hydrogen-bond acceptors (Lipinski definition) is 4. The Balaban J connectivity index is 1.59. The van der Waals surface area contributed by atoms with Crippen molar-refractivity contribution in [3.63, 3.8) is 0 Å². The lowest BCUT2D eigenvalue weighted by molar-refractivity contribution is -0.139. The molecule has 1 amide bonds. The fourth-order valence-corrected chi connectivity index (χ4v) is 3.85. The van der Waals surface area contributed by atoms with Gasteiger partial charge in [-0.1, -0.05) is 13.3 Å². The van der Waals surface area contributed by atoms with Gasteiger partial charge in [-0.3, -0.25) is 9.69 Å². The van der Waals surface area contributed by atoms with Gasteiger partial charge in [-0.15, -0.1) is 0 Å². The third-order valence-electron chi connectivity index (χ3n) is 5.01. The fourth-order valence-electron chi connectivity index (χ4n) is 3.85. The number of likely N-dealkylation sites (N-methyl/N-ethyl adjacent to an activating group) is 1. The van der Waals surface area contributed by atoms with Gasteiger partial charge in [-0.2, -0.15) is 0 Å². The standard InChI is InChI=1S/C15H27N3O2/c1-2-16-14-11-20-10-13(14)15(19)18-8-7-17-6-4-3-5-12(17)9-18/h12-14,16H,2-11H2,1H3. The Morgan fingerprint density at radius 2 is 2.15 bits per heavy atom. The molecule has 114 valence electrons. The molecule has 3 aliphatic heterocycles. The highest BCUT2D eigenvalue weighted by Crippen LogP contribution is 2.24. The van der Waals surface area contributed by atoms with Crippen LogP contribution in [0, 0.1) is 5.92 Å². The predicted molar refractivity (Wildman–Crippen MR) is 77.6 cm³/mol. The largest absolute Gasteiger partial charge is 0.379 e. The van der Waals surface area contributed by atoms with Gasteiger partial charge in [0.05, 0.1) is 19.1 Å². The van der Waals surface area contributed by atoms with Crippen LogP contribution >= 0.6 is 0 Å². The third kappa shape index (κ3) is 2.85. The summed E-state index contributed by atoms with van der Waals surface area (Å²) in [6.45, 7) is 8.33. The van der Waals surface area contributed by atoms with E-state index in [4.69, 9.17) is 4.74 Å². The minimum atomic E-state index is 0.0186. The third-order valence-corrected chi connectivity index (χ3v) is 5.01. The molecule has 0 spiro atoms. The van der Waals surface area contributed by atoms with E-state index in [-0.39, 0.29) is 12.0 Å². The summed E-state index contributed by atoms with van der Waals surface area (Å²) in [5.41, 5.74) is 0. The first-order valence-electron chi connectivity index (χ1n) is 8.13. The van der Waals surface area contributed by atoms with E-state index in [1.54, 1.807) is 0 Å². The summed E-state index contributed by atoms with van der Waals surface area (Å²) in [7, 11) is 0. The molecule has 3 unspecified atom stereocenters. The van der Waals surface area contributed by atoms with Crippen LogP contribution in [0.15, 0.2) is 0 Å². The van der Waals surface area contributed by atoms with Gasteiger partial charge in [0.2, 0.25) is 5.91 Å². The molecule has 20 heavy (non-hydrogen) atoms. The molecule has 0 saturated carbocycles. The summed E-state index contributed by atoms with van der Waals surface area (Å²) >= 11 is 0. The number of carbonyl (C=O) groups excluding carboxylic acids is 1. The van der Waals surface area contributed by atoms with Crippen molar-refractivity contribution in [2.24, 2.45) is 5.92 Å². The maximum atomic E-state index is 12.7. The highest BCUT2D eigenvalue weighted by molar-refractivity contribution is 5.80. The summed E-state index contributed by atoms with van der Waals surface area (Å²) in [6, 6.07) is 0.804. The van der Waals surface area contributed by atoms with Crippen molar-refractivity contribution in [1.82, 2.24) is 15.1 Å². The van der Waals surface area contributed by atoms with Crippen molar-refractivity contribution in [2.75, 3.05) is 45.9 Å². The second-order valence-electron chi connectivity index (χ2n) is 6.28. The highest BCUT2D eigenvalue weighted by atomic mass is 16.5. The Bertz CT molecular complexity index is 350. The summed E-state index contributed by atoms with van der Waals surface area (Å²) in [5, 5.41) is 3.39. The Labute approximate surface area is 121 Å². The van der Waals surface area contributed by atoms with E-state index in [2.05, 4.69) is 22.0 Å². The number of nitrogens with one attached hydrogen (secondary N) is 1. The molecule has 3 rings (SSSR count). The normalized spacial score (nSPS) is 35.0. The van der Waals surface area contributed by atoms with Crippen molar-refractivity contribution >= 4 is 5.91 Å². The molecule has 0 aromatic heterocycles. The zero-order chi connectivity index (χ0) is 13.9. The van der Waals surface area contributed by atoms with Crippen LogP contribution in [-0.2, 0) is 9.53 Å². The van der Waals surface area contributed by atoms with Crippen molar-refractivity contribution < 1.29 is 9.53 Å². The number of piperidine rings is 1. The van der Waals surface area contributed by atoms with E-state index in [1.807, 2.05) is 0 Å². The number of rotatable bonds is 3. The van der Waals surface area contributed by atoms with Crippen LogP contribution in [0.4, 0.5) is 0 Å². The molecule has 5 heteroatoms. The van der Waals surface area contributed by atoms with Crippen LogP contribution in [0.2, 0.25) is 0 Å². The molecule has 0 bridgehead atoms. The number of ether oxygens (including phenoxy) is 1. The van der Waals surface area contributed by atoms with E-state index in [0.29, 0.717) is 25.2 Å². The van der Waals surface area contributed by atoms with Crippen LogP contribution in [0.5, 0.6) is 0 Å². The van der Waals surface area contributed by atoms with E-state index in [9.17, 15) is 4.79 Å². The first-order valence-corrected chi connectivity index (χ1v) is 8.13. The zero-order valence-corrected chi connectivity index (χ0v) is 12.5. The maximum Gasteiger partial charge on any atom is 0.229 e. The smallest absolute Gasteiger partial charge is 0.229 e. The van der Waals surface area contributed by atoms with E-state index in [0.717, 1.165) is 26.2 Å². The molecule has 0 aromatic carbocycles. The summed E-state index contributed by atoms with van der Waals surface area (Å²) < 4.78 is 5.52. The first kappa shape index (κ1) is 14.3. The van der Waals surface area contributed by atoms with E-state index >= 15 is 0 Å². The van der Waals surface area contributed by atoms with Gasteiger partial charge in [0.15, 0.2) is 0 Å². The number of nitrogens with zero attached hydrogens (tertiary/aromatic N) is 2. The lowest BCUT2D eigenvalue weighted by atomic mass is 9.97. The predicted octanol–water partition coefficient (Wildman–Crippen LogP) is 0.308. The number of hydrogen-bond donors (Lipinski definition) is 1. The second-order valence-corrected chi connectivity index (χ2v) is 6.28. The number of amides is 1. The Hall–Kier alpha value is -0.650. The van der Waals surface area contributed by atoms with Crippen molar-refractivity contribution in [2.45, 2.75) is 38.3 Å². The van der Waals surface area contributed by atoms with Gasteiger partial charge in [0.25, 0.3) is 0 Å². The first-order chi connectivity index (χ1) is 9.79. The summed E-state index contributed by atoms with van der Waals surface area (Å²) in [4.78, 5) is 17.4. The molecule has 3 atom stereocenters. The molecule has 3 aliphatic rings. The number of fused-ring (bicyclic) bond motifs is 1. The minimum absolute atomic E-state index is 0.0186. The van der Waals surface area contributed by atoms with Crippen molar-refractivity contribution in [3.05, 3.63) is 0 Å². The summed E-state index contributed by atoms with van der Waals surface area (Å²) in [6.07, 6.45) is 3.89. The zero-order valence-electron chi connectivity index (χ0n) is 12.5. The topological polar surface area (TPSA) is 44.8 Å². The SMILES string of the molecule is CCNC1COCC1C(=O)N1CCN2CCCCC2C1. The minimum Gasteiger partial charge on any atom is -0.379 e. The Morgan fingerprint density at radius 1 is 1.25 bits per heavy atom. The fraction of sp³-hybridized carbons (Fsp3) is 0.933. The number of carbonyl (C=O) groups is 1. The molecular formula is C15H27N3O2. The van der Waals surface area contributed by atoms with Crippen LogP contribution < -0.4 is 5.32 Å². The molecule has 0 aromatic rings. The molecule has 0 aliphatic carbocycles. The van der Waals surface area contributed by atoms with E-state index in [1.165, 1.54) is 25.8 Å². The Morgan fingerprint density at radius 3 is 3.00 bits per heavy atom. The maximum absolute atomic E-state index is 12.7. The number of piperazine rings is 1. The van der Waals surface area contributed by atoms with Crippen LogP contribution in [-0.4, -0.2) is 73.7 Å². The van der Waals surface area contributed by atoms with Gasteiger partial charge in [-0.25, -0.2) is 0 Å². The van der Waals surface area contributed by atoms with Crippen molar-refractivity contribution in [1.29, 1.82) is 0 Å². The van der Waals surface area contributed by atoms with Crippen LogP contribution in [0.25, 0.3) is 0 Å². The van der Waals surface area contributed by atoms with Gasteiger partial charge >= 0.3 is 0 Å². The Kier molecular flexibility index (Phi) is 4.58. The second kappa shape index (κ2) is 6.41. The average Bonchev–Trinajstić information content (AvgIpc) is 2.94. The lowest BCUT2D eigenvalue weighted by Crippen LogP contribution is -2.58. The van der Waals surface area contributed by atoms with Crippen LogP contribution in [0.3, 0.4) is 0 Å². The molecule has 0 radical (unpaired) electrons. The van der Waals surface area contributed by atoms with E-state index < -0.39 is 0 Å². The molecular weight excluding hydrogens is 254 g/mol. The highest BCUT2D eigenvalue weighted by Gasteiger charge is 2.39. The molecule has 3 fully saturated rings. The monoisotopic (exact) mass is 281 g/mol. The van der Waals surface area contributed by atoms with Crippen LogP contribution in [0.1, 0.15) is 26.2 Å². The quantitative estimate of drug-likeness (QED) is 0.808. The molecule has 3 heterocycles. The lowest BCUT2D eigenvalue weighted by Gasteiger charge is -2.44. The van der Waals surface area contributed by atoms with Crippen molar-refractivity contribution in [3.8, 4) is 0 Å². The van der Waals surface area contributed by atoms with Gasteiger partial charge in [0, 0.05) is 31.7 Å². The van der Waals surface area contributed by atoms with Gasteiger partial charge in [-0.05, 0) is 25.9 Å². The average molecular weight is 281 g/mol. The summed E-state index contributed by atoms with van der Waals surface area (Å²) in [5.74, 6) is 0.323. The molecule has 5 nitrogen and oxygen atoms in total. The van der Waals surface area contributed by atoms with Gasteiger partial charge in [0.1, 0.15) is 0 Å². The molecule has 1 N–H and O–H groups in total. The molecule has 3 saturated heterocycles.